The van der Waals surface area contributed by atoms with Gasteiger partial charge in [-0.3, -0.25) is 4.79 Å². The molecule has 0 spiro atoms. The van der Waals surface area contributed by atoms with E-state index in [1.165, 1.54) is 0 Å². The van der Waals surface area contributed by atoms with Crippen LogP contribution in [-0.2, 0) is 0 Å². The third-order valence-corrected chi connectivity index (χ3v) is 1.95. The van der Waals surface area contributed by atoms with E-state index in [1.807, 2.05) is 32.9 Å². The highest BCUT2D eigenvalue weighted by Crippen LogP contribution is 2.23. The molecule has 1 aromatic rings. The van der Waals surface area contributed by atoms with Gasteiger partial charge >= 0.3 is 0 Å². The minimum atomic E-state index is 0.0133. The van der Waals surface area contributed by atoms with Gasteiger partial charge in [0.05, 0.1) is 0 Å². The van der Waals surface area contributed by atoms with Crippen LogP contribution >= 0.6 is 0 Å². The number of benzene rings is 1. The van der Waals surface area contributed by atoms with Crippen LogP contribution in [0.2, 0.25) is 0 Å². The van der Waals surface area contributed by atoms with Gasteiger partial charge in [0.2, 0.25) is 0 Å². The van der Waals surface area contributed by atoms with Gasteiger partial charge in [0.1, 0.15) is 0 Å². The molecule has 0 saturated heterocycles. The number of Topliss-reactive ketones (excluding diaryl/α,β-unsaturated/α-hetero) is 1. The summed E-state index contributed by atoms with van der Waals surface area (Å²) in [5.74, 6) is 0.121. The van der Waals surface area contributed by atoms with Crippen molar-refractivity contribution in [3.63, 3.8) is 0 Å². The summed E-state index contributed by atoms with van der Waals surface area (Å²) in [5.41, 5.74) is 6.94. The first-order valence-corrected chi connectivity index (χ1v) is 4.78. The van der Waals surface area contributed by atoms with Crippen molar-refractivity contribution in [3.8, 4) is 0 Å². The number of nitrogens with two attached hydrogens (primary N) is 1. The molecule has 1 aromatic carbocycles. The Morgan fingerprint density at radius 3 is 2.36 bits per heavy atom. The first kappa shape index (κ1) is 10.8. The monoisotopic (exact) mass is 191 g/mol. The third kappa shape index (κ3) is 2.87. The SMILES string of the molecule is CC(C)(C)CC(=O)c1ccccc1N. The van der Waals surface area contributed by atoms with Crippen molar-refractivity contribution < 1.29 is 4.79 Å². The number of carbonyl (C=O) groups is 1. The molecule has 0 bridgehead atoms. The summed E-state index contributed by atoms with van der Waals surface area (Å²) in [6.07, 6.45) is 0.529. The predicted molar refractivity (Wildman–Crippen MR) is 59.3 cm³/mol. The van der Waals surface area contributed by atoms with E-state index in [0.717, 1.165) is 0 Å². The molecular weight excluding hydrogens is 174 g/mol. The molecule has 2 N–H and O–H groups in total. The average Bonchev–Trinajstić information content (AvgIpc) is 2.01. The summed E-state index contributed by atoms with van der Waals surface area (Å²) in [7, 11) is 0. The Kier molecular flexibility index (Phi) is 2.94. The van der Waals surface area contributed by atoms with Crippen LogP contribution in [0.3, 0.4) is 0 Å². The Hall–Kier alpha value is -1.31. The second-order valence-electron chi connectivity index (χ2n) is 4.75. The van der Waals surface area contributed by atoms with E-state index < -0.39 is 0 Å². The third-order valence-electron chi connectivity index (χ3n) is 1.95. The van der Waals surface area contributed by atoms with E-state index in [-0.39, 0.29) is 11.2 Å². The maximum absolute atomic E-state index is 11.8. The largest absolute Gasteiger partial charge is 0.398 e. The van der Waals surface area contributed by atoms with Crippen molar-refractivity contribution in [1.82, 2.24) is 0 Å². The Labute approximate surface area is 85.1 Å². The van der Waals surface area contributed by atoms with E-state index in [4.69, 9.17) is 5.73 Å². The fraction of sp³-hybridized carbons (Fsp3) is 0.417. The van der Waals surface area contributed by atoms with Gasteiger partial charge in [0.25, 0.3) is 0 Å². The van der Waals surface area contributed by atoms with Crippen molar-refractivity contribution in [2.24, 2.45) is 5.41 Å². The zero-order valence-electron chi connectivity index (χ0n) is 9.00. The molecule has 2 heteroatoms. The van der Waals surface area contributed by atoms with Crippen molar-refractivity contribution in [3.05, 3.63) is 29.8 Å². The number of ketones is 1. The van der Waals surface area contributed by atoms with Gasteiger partial charge in [-0.15, -0.1) is 0 Å². The van der Waals surface area contributed by atoms with E-state index in [0.29, 0.717) is 17.7 Å². The lowest BCUT2D eigenvalue weighted by Crippen LogP contribution is -2.14. The molecule has 1 rings (SSSR count). The molecule has 0 aliphatic carbocycles. The number of nitrogen functional groups attached to an aromatic ring is 1. The number of hydrogen-bond acceptors (Lipinski definition) is 2. The van der Waals surface area contributed by atoms with Gasteiger partial charge in [-0.05, 0) is 17.5 Å². The second kappa shape index (κ2) is 3.82. The summed E-state index contributed by atoms with van der Waals surface area (Å²) in [6.45, 7) is 6.14. The highest BCUT2D eigenvalue weighted by molar-refractivity contribution is 6.00. The van der Waals surface area contributed by atoms with Gasteiger partial charge in [0, 0.05) is 17.7 Å². The fourth-order valence-corrected chi connectivity index (χ4v) is 1.33. The van der Waals surface area contributed by atoms with E-state index in [2.05, 4.69) is 0 Å². The van der Waals surface area contributed by atoms with Crippen molar-refractivity contribution in [2.75, 3.05) is 5.73 Å². The molecule has 0 unspecified atom stereocenters. The highest BCUT2D eigenvalue weighted by Gasteiger charge is 2.18. The van der Waals surface area contributed by atoms with Crippen LogP contribution < -0.4 is 5.73 Å². The molecule has 0 radical (unpaired) electrons. The van der Waals surface area contributed by atoms with E-state index in [9.17, 15) is 4.79 Å². The van der Waals surface area contributed by atoms with Gasteiger partial charge in [-0.1, -0.05) is 32.9 Å². The number of para-hydroxylation sites is 1. The van der Waals surface area contributed by atoms with Crippen molar-refractivity contribution in [2.45, 2.75) is 27.2 Å². The van der Waals surface area contributed by atoms with Crippen LogP contribution in [0, 0.1) is 5.41 Å². The first-order chi connectivity index (χ1) is 6.40. The number of hydrogen-bond donors (Lipinski definition) is 1. The average molecular weight is 191 g/mol. The smallest absolute Gasteiger partial charge is 0.165 e. The summed E-state index contributed by atoms with van der Waals surface area (Å²) < 4.78 is 0. The van der Waals surface area contributed by atoms with Crippen LogP contribution in [0.4, 0.5) is 5.69 Å². The molecule has 2 nitrogen and oxygen atoms in total. The molecule has 0 aliphatic heterocycles. The van der Waals surface area contributed by atoms with Crippen LogP contribution in [-0.4, -0.2) is 5.78 Å². The molecule has 14 heavy (non-hydrogen) atoms. The molecule has 0 saturated carbocycles. The normalized spacial score (nSPS) is 11.4. The molecule has 0 amide bonds. The fourth-order valence-electron chi connectivity index (χ4n) is 1.33. The lowest BCUT2D eigenvalue weighted by molar-refractivity contribution is 0.0941. The summed E-state index contributed by atoms with van der Waals surface area (Å²) in [6, 6.07) is 7.22. The molecule has 0 aromatic heterocycles. The van der Waals surface area contributed by atoms with E-state index in [1.54, 1.807) is 12.1 Å². The first-order valence-electron chi connectivity index (χ1n) is 4.78. The Balaban J connectivity index is 2.86. The molecule has 0 atom stereocenters. The quantitative estimate of drug-likeness (QED) is 0.577. The van der Waals surface area contributed by atoms with Crippen molar-refractivity contribution >= 4 is 11.5 Å². The zero-order chi connectivity index (χ0) is 10.8. The van der Waals surface area contributed by atoms with Crippen LogP contribution in [0.25, 0.3) is 0 Å². The summed E-state index contributed by atoms with van der Waals surface area (Å²) in [5, 5.41) is 0. The van der Waals surface area contributed by atoms with Gasteiger partial charge in [-0.25, -0.2) is 0 Å². The molecule has 0 aliphatic rings. The summed E-state index contributed by atoms with van der Waals surface area (Å²) in [4.78, 5) is 11.8. The topological polar surface area (TPSA) is 43.1 Å². The minimum Gasteiger partial charge on any atom is -0.398 e. The summed E-state index contributed by atoms with van der Waals surface area (Å²) >= 11 is 0. The zero-order valence-corrected chi connectivity index (χ0v) is 9.00. The number of anilines is 1. The molecule has 0 heterocycles. The Morgan fingerprint density at radius 2 is 1.86 bits per heavy atom. The lowest BCUT2D eigenvalue weighted by Gasteiger charge is -2.17. The lowest BCUT2D eigenvalue weighted by atomic mass is 9.87. The van der Waals surface area contributed by atoms with Crippen LogP contribution in [0.1, 0.15) is 37.6 Å². The number of carbonyl (C=O) groups excluding carboxylic acids is 1. The number of rotatable bonds is 2. The Morgan fingerprint density at radius 1 is 1.29 bits per heavy atom. The molecule has 0 fully saturated rings. The minimum absolute atomic E-state index is 0.0133. The van der Waals surface area contributed by atoms with Gasteiger partial charge in [-0.2, -0.15) is 0 Å². The standard InChI is InChI=1S/C12H17NO/c1-12(2,3)8-11(14)9-6-4-5-7-10(9)13/h4-7H,8,13H2,1-3H3. The van der Waals surface area contributed by atoms with E-state index >= 15 is 0 Å². The second-order valence-corrected chi connectivity index (χ2v) is 4.75. The molecular formula is C12H17NO. The van der Waals surface area contributed by atoms with Crippen molar-refractivity contribution in [1.29, 1.82) is 0 Å². The van der Waals surface area contributed by atoms with Gasteiger partial charge < -0.3 is 5.73 Å². The maximum atomic E-state index is 11.8. The highest BCUT2D eigenvalue weighted by atomic mass is 16.1. The predicted octanol–water partition coefficient (Wildman–Crippen LogP) is 2.89. The van der Waals surface area contributed by atoms with Gasteiger partial charge in [0.15, 0.2) is 5.78 Å². The molecule has 76 valence electrons. The Bertz CT molecular complexity index is 336. The maximum Gasteiger partial charge on any atom is 0.165 e. The van der Waals surface area contributed by atoms with Crippen LogP contribution in [0.5, 0.6) is 0 Å². The van der Waals surface area contributed by atoms with Crippen LogP contribution in [0.15, 0.2) is 24.3 Å².